The summed E-state index contributed by atoms with van der Waals surface area (Å²) >= 11 is 5.88. The summed E-state index contributed by atoms with van der Waals surface area (Å²) < 4.78 is 5.14. The molecule has 27 heavy (non-hydrogen) atoms. The van der Waals surface area contributed by atoms with E-state index < -0.39 is 5.97 Å². The zero-order valence-corrected chi connectivity index (χ0v) is 16.7. The molecule has 144 valence electrons. The summed E-state index contributed by atoms with van der Waals surface area (Å²) in [7, 11) is 1.56. The van der Waals surface area contributed by atoms with Gasteiger partial charge in [-0.25, -0.2) is 0 Å². The van der Waals surface area contributed by atoms with Gasteiger partial charge in [0.2, 0.25) is 0 Å². The van der Waals surface area contributed by atoms with Crippen LogP contribution in [0.4, 0.5) is 5.69 Å². The van der Waals surface area contributed by atoms with Crippen LogP contribution in [0.15, 0.2) is 60.3 Å². The number of carboxylic acid groups (broad SMARTS) is 1. The van der Waals surface area contributed by atoms with E-state index in [1.165, 1.54) is 11.0 Å². The maximum Gasteiger partial charge on any atom is 0.307 e. The molecule has 0 saturated heterocycles. The Morgan fingerprint density at radius 3 is 2.11 bits per heavy atom. The number of benzene rings is 2. The number of halogens is 1. The van der Waals surface area contributed by atoms with E-state index in [-0.39, 0.29) is 12.3 Å². The monoisotopic (exact) mass is 389 g/mol. The van der Waals surface area contributed by atoms with Crippen molar-refractivity contribution in [3.63, 3.8) is 0 Å². The molecule has 0 atom stereocenters. The molecule has 0 saturated carbocycles. The Bertz CT molecular complexity index is 783. The largest absolute Gasteiger partial charge is 0.497 e. The maximum atomic E-state index is 13.0. The van der Waals surface area contributed by atoms with Gasteiger partial charge < -0.3 is 9.84 Å². The van der Waals surface area contributed by atoms with E-state index in [0.717, 1.165) is 0 Å². The average Bonchev–Trinajstić information content (AvgIpc) is 2.69. The number of carbonyl (C=O) groups is 2. The average molecular weight is 390 g/mol. The molecule has 0 fully saturated rings. The van der Waals surface area contributed by atoms with E-state index in [4.69, 9.17) is 21.4 Å². The molecule has 1 N–H and O–H groups in total. The van der Waals surface area contributed by atoms with Gasteiger partial charge >= 0.3 is 5.97 Å². The Balaban J connectivity index is 0.00000176. The quantitative estimate of drug-likeness (QED) is 0.718. The molecular formula is C21H24ClNO4. The van der Waals surface area contributed by atoms with Crippen LogP contribution in [0, 0.1) is 0 Å². The van der Waals surface area contributed by atoms with E-state index in [9.17, 15) is 9.59 Å². The van der Waals surface area contributed by atoms with Gasteiger partial charge in [0.05, 0.1) is 13.5 Å². The SMILES string of the molecule is CC.COc1ccc(N(C(=O)c2ccc(Cl)cc2)/C(C)=C/CC(=O)O)cc1. The fourth-order valence-corrected chi connectivity index (χ4v) is 2.39. The van der Waals surface area contributed by atoms with Crippen molar-refractivity contribution in [3.8, 4) is 5.75 Å². The van der Waals surface area contributed by atoms with Crippen LogP contribution in [0.2, 0.25) is 5.02 Å². The number of methoxy groups -OCH3 is 1. The summed E-state index contributed by atoms with van der Waals surface area (Å²) in [6.07, 6.45) is 1.33. The van der Waals surface area contributed by atoms with Gasteiger partial charge in [-0.15, -0.1) is 0 Å². The zero-order chi connectivity index (χ0) is 20.4. The van der Waals surface area contributed by atoms with Crippen LogP contribution in [0.1, 0.15) is 37.6 Å². The smallest absolute Gasteiger partial charge is 0.307 e. The van der Waals surface area contributed by atoms with Gasteiger partial charge in [0, 0.05) is 22.0 Å². The molecule has 0 aliphatic carbocycles. The van der Waals surface area contributed by atoms with E-state index in [1.807, 2.05) is 13.8 Å². The molecule has 0 unspecified atom stereocenters. The highest BCUT2D eigenvalue weighted by Gasteiger charge is 2.19. The van der Waals surface area contributed by atoms with E-state index >= 15 is 0 Å². The minimum absolute atomic E-state index is 0.174. The highest BCUT2D eigenvalue weighted by molar-refractivity contribution is 6.30. The molecule has 0 heterocycles. The number of rotatable bonds is 6. The second kappa shape index (κ2) is 11.0. The zero-order valence-electron chi connectivity index (χ0n) is 15.9. The Morgan fingerprint density at radius 1 is 1.07 bits per heavy atom. The molecule has 0 radical (unpaired) electrons. The Labute approximate surface area is 164 Å². The fraction of sp³-hybridized carbons (Fsp3) is 0.238. The van der Waals surface area contributed by atoms with Crippen molar-refractivity contribution in [2.45, 2.75) is 27.2 Å². The van der Waals surface area contributed by atoms with Crippen LogP contribution < -0.4 is 9.64 Å². The lowest BCUT2D eigenvalue weighted by atomic mass is 10.1. The van der Waals surface area contributed by atoms with Crippen molar-refractivity contribution in [2.75, 3.05) is 12.0 Å². The predicted octanol–water partition coefficient (Wildman–Crippen LogP) is 5.40. The molecule has 6 heteroatoms. The van der Waals surface area contributed by atoms with Gasteiger partial charge in [-0.05, 0) is 55.5 Å². The summed E-state index contributed by atoms with van der Waals surface area (Å²) in [5.74, 6) is -0.580. The first kappa shape index (κ1) is 22.3. The van der Waals surface area contributed by atoms with Crippen molar-refractivity contribution in [3.05, 3.63) is 70.9 Å². The third-order valence-corrected chi connectivity index (χ3v) is 3.80. The first-order valence-corrected chi connectivity index (χ1v) is 8.93. The molecule has 0 bridgehead atoms. The van der Waals surface area contributed by atoms with Gasteiger partial charge in [-0.2, -0.15) is 0 Å². The molecular weight excluding hydrogens is 366 g/mol. The predicted molar refractivity (Wildman–Crippen MR) is 109 cm³/mol. The lowest BCUT2D eigenvalue weighted by molar-refractivity contribution is -0.136. The number of hydrogen-bond acceptors (Lipinski definition) is 3. The van der Waals surface area contributed by atoms with Crippen LogP contribution in [0.25, 0.3) is 0 Å². The molecule has 0 aromatic heterocycles. The molecule has 0 aliphatic heterocycles. The highest BCUT2D eigenvalue weighted by Crippen LogP contribution is 2.25. The number of carboxylic acids is 1. The number of hydrogen-bond donors (Lipinski definition) is 1. The van der Waals surface area contributed by atoms with Crippen molar-refractivity contribution in [1.29, 1.82) is 0 Å². The summed E-state index contributed by atoms with van der Waals surface area (Å²) in [5.41, 5.74) is 1.58. The number of allylic oxidation sites excluding steroid dienone is 1. The molecule has 1 amide bonds. The second-order valence-electron chi connectivity index (χ2n) is 5.29. The number of anilines is 1. The van der Waals surface area contributed by atoms with E-state index in [1.54, 1.807) is 62.6 Å². The van der Waals surface area contributed by atoms with Gasteiger partial charge in [-0.3, -0.25) is 14.5 Å². The standard InChI is InChI=1S/C19H18ClNO4.C2H6/c1-13(3-12-18(22)23)21(16-8-10-17(25-2)11-9-16)19(24)14-4-6-15(20)7-5-14;1-2/h3-11H,12H2,1-2H3,(H,22,23);1-2H3/b13-3+;. The highest BCUT2D eigenvalue weighted by atomic mass is 35.5. The van der Waals surface area contributed by atoms with Crippen molar-refractivity contribution >= 4 is 29.2 Å². The molecule has 0 aliphatic rings. The molecule has 2 aromatic rings. The lowest BCUT2D eigenvalue weighted by Crippen LogP contribution is -2.29. The van der Waals surface area contributed by atoms with Crippen LogP contribution in [-0.4, -0.2) is 24.1 Å². The van der Waals surface area contributed by atoms with Crippen LogP contribution in [0.3, 0.4) is 0 Å². The number of carbonyl (C=O) groups excluding carboxylic acids is 1. The van der Waals surface area contributed by atoms with Crippen LogP contribution in [-0.2, 0) is 4.79 Å². The van der Waals surface area contributed by atoms with Gasteiger partial charge in [0.1, 0.15) is 5.75 Å². The first-order valence-electron chi connectivity index (χ1n) is 8.55. The van der Waals surface area contributed by atoms with Crippen LogP contribution >= 0.6 is 11.6 Å². The fourth-order valence-electron chi connectivity index (χ4n) is 2.26. The number of nitrogens with zero attached hydrogens (tertiary/aromatic N) is 1. The minimum Gasteiger partial charge on any atom is -0.497 e. The van der Waals surface area contributed by atoms with Crippen molar-refractivity contribution in [2.24, 2.45) is 0 Å². The second-order valence-corrected chi connectivity index (χ2v) is 5.73. The third-order valence-electron chi connectivity index (χ3n) is 3.55. The van der Waals surface area contributed by atoms with E-state index in [0.29, 0.717) is 27.7 Å². The first-order chi connectivity index (χ1) is 12.9. The molecule has 0 spiro atoms. The lowest BCUT2D eigenvalue weighted by Gasteiger charge is -2.24. The Morgan fingerprint density at radius 2 is 1.63 bits per heavy atom. The number of aliphatic carboxylic acids is 1. The maximum absolute atomic E-state index is 13.0. The van der Waals surface area contributed by atoms with Crippen molar-refractivity contribution < 1.29 is 19.4 Å². The Hall–Kier alpha value is -2.79. The Kier molecular flexibility index (Phi) is 9.09. The van der Waals surface area contributed by atoms with Crippen LogP contribution in [0.5, 0.6) is 5.75 Å². The minimum atomic E-state index is -0.965. The normalized spacial score (nSPS) is 10.5. The number of amides is 1. The molecule has 2 aromatic carbocycles. The van der Waals surface area contributed by atoms with Crippen molar-refractivity contribution in [1.82, 2.24) is 0 Å². The summed E-state index contributed by atoms with van der Waals surface area (Å²) in [4.78, 5) is 25.3. The number of ether oxygens (including phenoxy) is 1. The van der Waals surface area contributed by atoms with Gasteiger partial charge in [0.15, 0.2) is 0 Å². The summed E-state index contributed by atoms with van der Waals surface area (Å²) in [6.45, 7) is 5.70. The summed E-state index contributed by atoms with van der Waals surface area (Å²) in [5, 5.41) is 9.42. The topological polar surface area (TPSA) is 66.8 Å². The summed E-state index contributed by atoms with van der Waals surface area (Å²) in [6, 6.07) is 13.5. The molecule has 2 rings (SSSR count). The van der Waals surface area contributed by atoms with Gasteiger partial charge in [0.25, 0.3) is 5.91 Å². The third kappa shape index (κ3) is 6.46. The molecule has 5 nitrogen and oxygen atoms in total. The van der Waals surface area contributed by atoms with E-state index in [2.05, 4.69) is 0 Å². The van der Waals surface area contributed by atoms with Gasteiger partial charge in [-0.1, -0.05) is 31.5 Å².